The number of rotatable bonds is 7. The third-order valence-corrected chi connectivity index (χ3v) is 4.24. The maximum absolute atomic E-state index is 5.94. The van der Waals surface area contributed by atoms with Gasteiger partial charge in [0.2, 0.25) is 0 Å². The summed E-state index contributed by atoms with van der Waals surface area (Å²) in [5, 5.41) is 3.50. The highest BCUT2D eigenvalue weighted by Gasteiger charge is 2.29. The van der Waals surface area contributed by atoms with Crippen molar-refractivity contribution < 1.29 is 4.74 Å². The maximum atomic E-state index is 5.94. The number of hydrogen-bond acceptors (Lipinski definition) is 2. The SMILES string of the molecule is CC(CCNC(C)C)CCc1ccc2c(c1)CC(C)(C)O2. The Morgan fingerprint density at radius 3 is 2.67 bits per heavy atom. The molecule has 0 spiro atoms. The largest absolute Gasteiger partial charge is 0.487 e. The molecule has 1 atom stereocenters. The molecule has 1 aromatic rings. The fourth-order valence-electron chi connectivity index (χ4n) is 2.99. The fraction of sp³-hybridized carbons (Fsp3) is 0.684. The van der Waals surface area contributed by atoms with Crippen LogP contribution >= 0.6 is 0 Å². The Morgan fingerprint density at radius 1 is 1.19 bits per heavy atom. The molecule has 0 radical (unpaired) electrons. The van der Waals surface area contributed by atoms with Crippen LogP contribution in [0.3, 0.4) is 0 Å². The minimum absolute atomic E-state index is 0.0310. The van der Waals surface area contributed by atoms with Crippen LogP contribution in [-0.2, 0) is 12.8 Å². The summed E-state index contributed by atoms with van der Waals surface area (Å²) in [6, 6.07) is 7.34. The standard InChI is InChI=1S/C19H31NO/c1-14(2)20-11-10-15(3)6-7-16-8-9-18-17(12-16)13-19(4,5)21-18/h8-9,12,14-15,20H,6-7,10-11,13H2,1-5H3. The molecule has 118 valence electrons. The first-order chi connectivity index (χ1) is 9.85. The molecular formula is C19H31NO. The van der Waals surface area contributed by atoms with E-state index in [-0.39, 0.29) is 5.60 Å². The average Bonchev–Trinajstić information content (AvgIpc) is 2.68. The Bertz CT molecular complexity index is 465. The minimum atomic E-state index is -0.0310. The third-order valence-electron chi connectivity index (χ3n) is 4.24. The van der Waals surface area contributed by atoms with Gasteiger partial charge in [-0.15, -0.1) is 0 Å². The number of nitrogens with one attached hydrogen (secondary N) is 1. The number of benzene rings is 1. The summed E-state index contributed by atoms with van der Waals surface area (Å²) in [6.07, 6.45) is 4.74. The van der Waals surface area contributed by atoms with Crippen LogP contribution in [0.15, 0.2) is 18.2 Å². The summed E-state index contributed by atoms with van der Waals surface area (Å²) in [6.45, 7) is 12.2. The van der Waals surface area contributed by atoms with Gasteiger partial charge < -0.3 is 10.1 Å². The Hall–Kier alpha value is -1.02. The smallest absolute Gasteiger partial charge is 0.123 e. The quantitative estimate of drug-likeness (QED) is 0.805. The zero-order valence-corrected chi connectivity index (χ0v) is 14.3. The van der Waals surface area contributed by atoms with Gasteiger partial charge >= 0.3 is 0 Å². The van der Waals surface area contributed by atoms with Crippen LogP contribution in [0.25, 0.3) is 0 Å². The second-order valence-electron chi connectivity index (χ2n) is 7.52. The molecule has 2 heteroatoms. The van der Waals surface area contributed by atoms with Crippen molar-refractivity contribution in [3.8, 4) is 5.75 Å². The van der Waals surface area contributed by atoms with E-state index < -0.39 is 0 Å². The van der Waals surface area contributed by atoms with Gasteiger partial charge in [0.15, 0.2) is 0 Å². The molecule has 1 N–H and O–H groups in total. The van der Waals surface area contributed by atoms with E-state index >= 15 is 0 Å². The molecule has 1 aliphatic rings. The molecule has 0 amide bonds. The molecular weight excluding hydrogens is 258 g/mol. The molecule has 0 bridgehead atoms. The van der Waals surface area contributed by atoms with Crippen molar-refractivity contribution in [2.75, 3.05) is 6.54 Å². The Balaban J connectivity index is 1.80. The van der Waals surface area contributed by atoms with Gasteiger partial charge in [-0.25, -0.2) is 0 Å². The van der Waals surface area contributed by atoms with Crippen molar-refractivity contribution in [2.45, 2.75) is 71.9 Å². The molecule has 0 saturated carbocycles. The summed E-state index contributed by atoms with van der Waals surface area (Å²) in [5.74, 6) is 1.86. The lowest BCUT2D eigenvalue weighted by atomic mass is 9.95. The average molecular weight is 289 g/mol. The molecule has 1 unspecified atom stereocenters. The molecule has 2 rings (SSSR count). The third kappa shape index (κ3) is 5.03. The van der Waals surface area contributed by atoms with Crippen LogP contribution in [0.5, 0.6) is 5.75 Å². The van der Waals surface area contributed by atoms with Crippen LogP contribution in [0.2, 0.25) is 0 Å². The van der Waals surface area contributed by atoms with Crippen molar-refractivity contribution >= 4 is 0 Å². The molecule has 1 heterocycles. The monoisotopic (exact) mass is 289 g/mol. The fourth-order valence-corrected chi connectivity index (χ4v) is 2.99. The first kappa shape index (κ1) is 16.4. The van der Waals surface area contributed by atoms with E-state index in [4.69, 9.17) is 4.74 Å². The second-order valence-corrected chi connectivity index (χ2v) is 7.52. The predicted molar refractivity (Wildman–Crippen MR) is 90.1 cm³/mol. The van der Waals surface area contributed by atoms with E-state index in [0.717, 1.165) is 24.6 Å². The van der Waals surface area contributed by atoms with Crippen LogP contribution in [0.1, 0.15) is 58.6 Å². The molecule has 0 fully saturated rings. The minimum Gasteiger partial charge on any atom is -0.487 e. The van der Waals surface area contributed by atoms with Crippen molar-refractivity contribution in [3.05, 3.63) is 29.3 Å². The highest BCUT2D eigenvalue weighted by molar-refractivity contribution is 5.41. The number of ether oxygens (including phenoxy) is 1. The Morgan fingerprint density at radius 2 is 1.95 bits per heavy atom. The van der Waals surface area contributed by atoms with Crippen molar-refractivity contribution in [2.24, 2.45) is 5.92 Å². The molecule has 2 nitrogen and oxygen atoms in total. The Kier molecular flexibility index (Phi) is 5.32. The topological polar surface area (TPSA) is 21.3 Å². The van der Waals surface area contributed by atoms with Gasteiger partial charge in [0.25, 0.3) is 0 Å². The highest BCUT2D eigenvalue weighted by atomic mass is 16.5. The summed E-state index contributed by atoms with van der Waals surface area (Å²) in [5.41, 5.74) is 2.81. The lowest BCUT2D eigenvalue weighted by Gasteiger charge is -2.16. The molecule has 0 saturated heterocycles. The van der Waals surface area contributed by atoms with Gasteiger partial charge in [-0.1, -0.05) is 32.9 Å². The first-order valence-electron chi connectivity index (χ1n) is 8.40. The van der Waals surface area contributed by atoms with E-state index in [1.54, 1.807) is 0 Å². The van der Waals surface area contributed by atoms with Crippen LogP contribution in [0.4, 0.5) is 0 Å². The van der Waals surface area contributed by atoms with Crippen molar-refractivity contribution in [1.82, 2.24) is 5.32 Å². The van der Waals surface area contributed by atoms with Gasteiger partial charge in [-0.2, -0.15) is 0 Å². The van der Waals surface area contributed by atoms with Crippen LogP contribution < -0.4 is 10.1 Å². The van der Waals surface area contributed by atoms with Gasteiger partial charge in [0, 0.05) is 12.5 Å². The van der Waals surface area contributed by atoms with E-state index in [1.165, 1.54) is 30.4 Å². The molecule has 1 aliphatic heterocycles. The summed E-state index contributed by atoms with van der Waals surface area (Å²) in [7, 11) is 0. The van der Waals surface area contributed by atoms with E-state index in [0.29, 0.717) is 6.04 Å². The second kappa shape index (κ2) is 6.83. The number of hydrogen-bond donors (Lipinski definition) is 1. The van der Waals surface area contributed by atoms with Gasteiger partial charge in [0.1, 0.15) is 11.4 Å². The molecule has 21 heavy (non-hydrogen) atoms. The predicted octanol–water partition coefficient (Wildman–Crippen LogP) is 4.36. The van der Waals surface area contributed by atoms with Gasteiger partial charge in [-0.3, -0.25) is 0 Å². The maximum Gasteiger partial charge on any atom is 0.123 e. The van der Waals surface area contributed by atoms with Crippen molar-refractivity contribution in [1.29, 1.82) is 0 Å². The first-order valence-corrected chi connectivity index (χ1v) is 8.40. The highest BCUT2D eigenvalue weighted by Crippen LogP contribution is 2.35. The normalized spacial score (nSPS) is 17.6. The molecule has 0 aromatic heterocycles. The molecule has 1 aromatic carbocycles. The number of aryl methyl sites for hydroxylation is 1. The van der Waals surface area contributed by atoms with E-state index in [9.17, 15) is 0 Å². The summed E-state index contributed by atoms with van der Waals surface area (Å²) >= 11 is 0. The van der Waals surface area contributed by atoms with Gasteiger partial charge in [0.05, 0.1) is 0 Å². The summed E-state index contributed by atoms with van der Waals surface area (Å²) in [4.78, 5) is 0. The molecule has 0 aliphatic carbocycles. The van der Waals surface area contributed by atoms with Gasteiger partial charge in [-0.05, 0) is 62.8 Å². The Labute approximate surface area is 130 Å². The lowest BCUT2D eigenvalue weighted by molar-refractivity contribution is 0.138. The number of fused-ring (bicyclic) bond motifs is 1. The van der Waals surface area contributed by atoms with Crippen LogP contribution in [0, 0.1) is 5.92 Å². The zero-order valence-electron chi connectivity index (χ0n) is 14.3. The summed E-state index contributed by atoms with van der Waals surface area (Å²) < 4.78 is 5.94. The van der Waals surface area contributed by atoms with Crippen molar-refractivity contribution in [3.63, 3.8) is 0 Å². The lowest BCUT2D eigenvalue weighted by Crippen LogP contribution is -2.25. The zero-order chi connectivity index (χ0) is 15.5. The van der Waals surface area contributed by atoms with Crippen LogP contribution in [-0.4, -0.2) is 18.2 Å². The van der Waals surface area contributed by atoms with E-state index in [2.05, 4.69) is 58.1 Å². The van der Waals surface area contributed by atoms with E-state index in [1.807, 2.05) is 0 Å².